The fourth-order valence-corrected chi connectivity index (χ4v) is 6.99. The summed E-state index contributed by atoms with van der Waals surface area (Å²) >= 11 is 14.0. The van der Waals surface area contributed by atoms with Crippen molar-refractivity contribution < 1.29 is 8.42 Å². The molecule has 2 heterocycles. The average molecular weight is 441 g/mol. The van der Waals surface area contributed by atoms with E-state index in [1.54, 1.807) is 17.8 Å². The molecule has 0 unspecified atom stereocenters. The largest absolute Gasteiger partial charge is 0.315 e. The van der Waals surface area contributed by atoms with Crippen LogP contribution in [0.4, 0.5) is 5.69 Å². The molecule has 142 valence electrons. The summed E-state index contributed by atoms with van der Waals surface area (Å²) in [6.45, 7) is 2.07. The molecular formula is C19H18Cl2N2O2S2. The predicted molar refractivity (Wildman–Crippen MR) is 115 cm³/mol. The Morgan fingerprint density at radius 1 is 1.15 bits per heavy atom. The second kappa shape index (κ2) is 7.32. The van der Waals surface area contributed by atoms with Gasteiger partial charge in [-0.25, -0.2) is 8.42 Å². The maximum atomic E-state index is 12.1. The van der Waals surface area contributed by atoms with E-state index in [2.05, 4.69) is 25.1 Å². The van der Waals surface area contributed by atoms with Crippen LogP contribution in [0.2, 0.25) is 10.0 Å². The van der Waals surface area contributed by atoms with E-state index in [4.69, 9.17) is 28.2 Å². The van der Waals surface area contributed by atoms with Gasteiger partial charge in [-0.15, -0.1) is 0 Å². The van der Waals surface area contributed by atoms with Gasteiger partial charge in [0.2, 0.25) is 0 Å². The number of aliphatic imine (C=N–C) groups is 1. The smallest absolute Gasteiger partial charge is 0.164 e. The van der Waals surface area contributed by atoms with Crippen LogP contribution in [0.15, 0.2) is 47.5 Å². The highest BCUT2D eigenvalue weighted by Crippen LogP contribution is 2.37. The molecule has 0 N–H and O–H groups in total. The highest BCUT2D eigenvalue weighted by Gasteiger charge is 2.47. The van der Waals surface area contributed by atoms with Crippen LogP contribution < -0.4 is 4.90 Å². The topological polar surface area (TPSA) is 49.7 Å². The third-order valence-electron chi connectivity index (χ3n) is 4.68. The first-order valence-corrected chi connectivity index (χ1v) is 12.1. The van der Waals surface area contributed by atoms with Crippen LogP contribution in [0.25, 0.3) is 0 Å². The second-order valence-electron chi connectivity index (χ2n) is 6.90. The molecular weight excluding hydrogens is 423 g/mol. The van der Waals surface area contributed by atoms with Crippen LogP contribution in [0.5, 0.6) is 0 Å². The second-order valence-corrected chi connectivity index (χ2v) is 10.9. The number of thioether (sulfide) groups is 1. The van der Waals surface area contributed by atoms with Gasteiger partial charge in [-0.1, -0.05) is 64.8 Å². The first kappa shape index (κ1) is 19.1. The number of halogens is 2. The summed E-state index contributed by atoms with van der Waals surface area (Å²) in [5.74, 6) is 0.953. The Hall–Kier alpha value is -1.21. The summed E-state index contributed by atoms with van der Waals surface area (Å²) in [4.78, 5) is 6.73. The number of benzene rings is 2. The van der Waals surface area contributed by atoms with Crippen molar-refractivity contribution in [2.45, 2.75) is 24.8 Å². The Balaban J connectivity index is 1.65. The Morgan fingerprint density at radius 3 is 2.59 bits per heavy atom. The molecule has 2 aromatic carbocycles. The van der Waals surface area contributed by atoms with Crippen LogP contribution in [-0.2, 0) is 15.6 Å². The number of hydrogen-bond acceptors (Lipinski definition) is 5. The molecule has 0 saturated carbocycles. The van der Waals surface area contributed by atoms with E-state index in [9.17, 15) is 8.42 Å². The Kier molecular flexibility index (Phi) is 5.18. The van der Waals surface area contributed by atoms with Crippen molar-refractivity contribution in [3.8, 4) is 0 Å². The van der Waals surface area contributed by atoms with Gasteiger partial charge in [-0.3, -0.25) is 4.99 Å². The van der Waals surface area contributed by atoms with Crippen molar-refractivity contribution >= 4 is 55.7 Å². The van der Waals surface area contributed by atoms with Gasteiger partial charge >= 0.3 is 0 Å². The molecule has 0 aromatic heterocycles. The molecule has 0 bridgehead atoms. The maximum absolute atomic E-state index is 12.1. The number of hydrogen-bond donors (Lipinski definition) is 0. The molecule has 4 rings (SSSR count). The molecule has 4 nitrogen and oxygen atoms in total. The number of nitrogens with zero attached hydrogens (tertiary/aromatic N) is 2. The van der Waals surface area contributed by atoms with E-state index in [0.717, 1.165) is 16.6 Å². The number of fused-ring (bicyclic) bond motifs is 1. The zero-order valence-electron chi connectivity index (χ0n) is 14.6. The first-order valence-electron chi connectivity index (χ1n) is 8.53. The fraction of sp³-hybridized carbons (Fsp3) is 0.316. The summed E-state index contributed by atoms with van der Waals surface area (Å²) in [6.07, 6.45) is 0. The van der Waals surface area contributed by atoms with E-state index in [0.29, 0.717) is 10.0 Å². The molecule has 8 heteroatoms. The molecule has 0 amide bonds. The quantitative estimate of drug-likeness (QED) is 0.700. The highest BCUT2D eigenvalue weighted by atomic mass is 35.5. The summed E-state index contributed by atoms with van der Waals surface area (Å²) in [7, 11) is -3.09. The SMILES string of the molecule is Cc1cccc(CSC2=N[C@H]3CS(=O)(=O)C[C@@H]3N2c2cc(Cl)cc(Cl)c2)c1. The van der Waals surface area contributed by atoms with E-state index in [1.807, 2.05) is 23.1 Å². The van der Waals surface area contributed by atoms with Crippen LogP contribution in [0.3, 0.4) is 0 Å². The number of amidine groups is 1. The maximum Gasteiger partial charge on any atom is 0.164 e. The zero-order valence-corrected chi connectivity index (χ0v) is 17.7. The number of sulfone groups is 1. The molecule has 2 atom stereocenters. The summed E-state index contributed by atoms with van der Waals surface area (Å²) in [5, 5.41) is 1.86. The third kappa shape index (κ3) is 4.14. The van der Waals surface area contributed by atoms with E-state index in [-0.39, 0.29) is 23.6 Å². The molecule has 1 saturated heterocycles. The lowest BCUT2D eigenvalue weighted by molar-refractivity contribution is 0.601. The fourth-order valence-electron chi connectivity index (χ4n) is 3.56. The van der Waals surface area contributed by atoms with Gasteiger partial charge in [0.1, 0.15) is 0 Å². The van der Waals surface area contributed by atoms with Gasteiger partial charge < -0.3 is 4.90 Å². The summed E-state index contributed by atoms with van der Waals surface area (Å²) in [6, 6.07) is 13.2. The van der Waals surface area contributed by atoms with Gasteiger partial charge in [-0.2, -0.15) is 0 Å². The van der Waals surface area contributed by atoms with Crippen LogP contribution in [-0.4, -0.2) is 37.2 Å². The lowest BCUT2D eigenvalue weighted by Gasteiger charge is -2.27. The number of anilines is 1. The lowest BCUT2D eigenvalue weighted by Crippen LogP contribution is -2.39. The third-order valence-corrected chi connectivity index (χ3v) is 7.86. The van der Waals surface area contributed by atoms with Gasteiger partial charge in [0, 0.05) is 21.5 Å². The summed E-state index contributed by atoms with van der Waals surface area (Å²) in [5.41, 5.74) is 3.20. The average Bonchev–Trinajstić information content (AvgIpc) is 3.03. The molecule has 2 aliphatic heterocycles. The zero-order chi connectivity index (χ0) is 19.2. The Labute approximate surface area is 173 Å². The van der Waals surface area contributed by atoms with Crippen molar-refractivity contribution in [2.75, 3.05) is 16.4 Å². The number of aryl methyl sites for hydroxylation is 1. The van der Waals surface area contributed by atoms with Gasteiger partial charge in [0.05, 0.1) is 23.6 Å². The molecule has 0 spiro atoms. The van der Waals surface area contributed by atoms with E-state index in [1.165, 1.54) is 11.1 Å². The molecule has 27 heavy (non-hydrogen) atoms. The molecule has 0 aliphatic carbocycles. The van der Waals surface area contributed by atoms with Crippen molar-refractivity contribution in [2.24, 2.45) is 4.99 Å². The van der Waals surface area contributed by atoms with Crippen molar-refractivity contribution in [3.05, 3.63) is 63.6 Å². The monoisotopic (exact) mass is 440 g/mol. The number of rotatable bonds is 3. The molecule has 2 aliphatic rings. The van der Waals surface area contributed by atoms with Crippen molar-refractivity contribution in [3.63, 3.8) is 0 Å². The van der Waals surface area contributed by atoms with Crippen molar-refractivity contribution in [1.29, 1.82) is 0 Å². The van der Waals surface area contributed by atoms with E-state index >= 15 is 0 Å². The van der Waals surface area contributed by atoms with Crippen LogP contribution in [0.1, 0.15) is 11.1 Å². The standard InChI is InChI=1S/C19H18Cl2N2O2S2/c1-12-3-2-4-13(5-12)9-26-19-22-17-10-27(24,25)11-18(17)23(19)16-7-14(20)6-15(21)8-16/h2-8,17-18H,9-11H2,1H3/t17-,18-/m0/s1. The van der Waals surface area contributed by atoms with Gasteiger partial charge in [0.25, 0.3) is 0 Å². The van der Waals surface area contributed by atoms with E-state index < -0.39 is 9.84 Å². The molecule has 2 aromatic rings. The molecule has 1 fully saturated rings. The van der Waals surface area contributed by atoms with Crippen molar-refractivity contribution in [1.82, 2.24) is 0 Å². The first-order chi connectivity index (χ1) is 12.8. The highest BCUT2D eigenvalue weighted by molar-refractivity contribution is 8.13. The minimum Gasteiger partial charge on any atom is -0.315 e. The minimum absolute atomic E-state index is 0.0942. The lowest BCUT2D eigenvalue weighted by atomic mass is 10.1. The van der Waals surface area contributed by atoms with Crippen LogP contribution >= 0.6 is 35.0 Å². The van der Waals surface area contributed by atoms with Gasteiger partial charge in [-0.05, 0) is 30.7 Å². The predicted octanol–water partition coefficient (Wildman–Crippen LogP) is 4.58. The normalized spacial score (nSPS) is 23.4. The minimum atomic E-state index is -3.09. The van der Waals surface area contributed by atoms with Crippen LogP contribution in [0, 0.1) is 6.92 Å². The molecule has 0 radical (unpaired) electrons. The Morgan fingerprint density at radius 2 is 1.89 bits per heavy atom. The Bertz CT molecular complexity index is 1000. The van der Waals surface area contributed by atoms with Gasteiger partial charge in [0.15, 0.2) is 15.0 Å². The summed E-state index contributed by atoms with van der Waals surface area (Å²) < 4.78 is 24.2.